The number of carbonyl (C=O) groups is 1. The molecule has 4 heteroatoms. The molecule has 0 spiro atoms. The van der Waals surface area contributed by atoms with Crippen molar-refractivity contribution in [1.29, 1.82) is 0 Å². The first-order chi connectivity index (χ1) is 10.0. The minimum absolute atomic E-state index is 0.301. The summed E-state index contributed by atoms with van der Waals surface area (Å²) in [5.74, 6) is 1.92. The van der Waals surface area contributed by atoms with Crippen molar-refractivity contribution < 1.29 is 4.79 Å². The molecule has 0 N–H and O–H groups in total. The number of rotatable bonds is 6. The molecule has 122 valence electrons. The second-order valence-corrected chi connectivity index (χ2v) is 7.42. The van der Waals surface area contributed by atoms with Crippen molar-refractivity contribution in [2.45, 2.75) is 33.6 Å². The quantitative estimate of drug-likeness (QED) is 0.743. The third kappa shape index (κ3) is 6.05. The van der Waals surface area contributed by atoms with Crippen LogP contribution in [-0.4, -0.2) is 79.4 Å². The second kappa shape index (κ2) is 8.25. The van der Waals surface area contributed by atoms with Crippen molar-refractivity contribution in [3.05, 3.63) is 0 Å². The van der Waals surface area contributed by atoms with Gasteiger partial charge in [0, 0.05) is 39.3 Å². The number of Topliss-reactive ketones (excluding diaryl/α,β-unsaturated/α-hetero) is 1. The minimum atomic E-state index is 0.301. The highest BCUT2D eigenvalue weighted by atomic mass is 16.1. The number of hydrogen-bond donors (Lipinski definition) is 0. The number of piperazine rings is 1. The molecular formula is C17H33N3O. The maximum atomic E-state index is 11.2. The summed E-state index contributed by atoms with van der Waals surface area (Å²) in [4.78, 5) is 18.7. The highest BCUT2D eigenvalue weighted by Gasteiger charge is 2.24. The van der Waals surface area contributed by atoms with Crippen molar-refractivity contribution in [3.8, 4) is 0 Å². The van der Waals surface area contributed by atoms with Crippen molar-refractivity contribution in [1.82, 2.24) is 14.7 Å². The van der Waals surface area contributed by atoms with Gasteiger partial charge in [0.05, 0.1) is 6.54 Å². The van der Waals surface area contributed by atoms with Gasteiger partial charge in [-0.15, -0.1) is 0 Å². The SMILES string of the molecule is CC(=O)CN1CCC(CN2CCN(CC(C)C)CC2)CC1. The van der Waals surface area contributed by atoms with E-state index in [1.165, 1.54) is 52.1 Å². The molecule has 2 rings (SSSR count). The van der Waals surface area contributed by atoms with Gasteiger partial charge in [-0.1, -0.05) is 13.8 Å². The standard InChI is InChI=1S/C17H33N3O/c1-15(2)12-19-8-10-20(11-9-19)14-17-4-6-18(7-5-17)13-16(3)21/h15,17H,4-14H2,1-3H3. The molecule has 0 aromatic carbocycles. The Kier molecular flexibility index (Phi) is 6.65. The van der Waals surface area contributed by atoms with Crippen LogP contribution in [0.15, 0.2) is 0 Å². The van der Waals surface area contributed by atoms with Gasteiger partial charge < -0.3 is 9.80 Å². The van der Waals surface area contributed by atoms with Crippen molar-refractivity contribution >= 4 is 5.78 Å². The van der Waals surface area contributed by atoms with Crippen LogP contribution in [0.3, 0.4) is 0 Å². The van der Waals surface area contributed by atoms with Gasteiger partial charge in [-0.2, -0.15) is 0 Å². The number of ketones is 1. The first-order valence-corrected chi connectivity index (χ1v) is 8.69. The van der Waals surface area contributed by atoms with E-state index in [1.807, 2.05) is 0 Å². The largest absolute Gasteiger partial charge is 0.301 e. The van der Waals surface area contributed by atoms with Crippen LogP contribution in [0.2, 0.25) is 0 Å². The van der Waals surface area contributed by atoms with E-state index in [2.05, 4.69) is 28.5 Å². The van der Waals surface area contributed by atoms with Crippen LogP contribution >= 0.6 is 0 Å². The number of piperidine rings is 1. The van der Waals surface area contributed by atoms with E-state index in [0.29, 0.717) is 12.3 Å². The zero-order valence-electron chi connectivity index (χ0n) is 14.2. The molecule has 4 nitrogen and oxygen atoms in total. The first-order valence-electron chi connectivity index (χ1n) is 8.69. The van der Waals surface area contributed by atoms with E-state index in [1.54, 1.807) is 6.92 Å². The summed E-state index contributed by atoms with van der Waals surface area (Å²) < 4.78 is 0. The Morgan fingerprint density at radius 1 is 0.952 bits per heavy atom. The van der Waals surface area contributed by atoms with Gasteiger partial charge in [-0.05, 0) is 44.7 Å². The molecule has 2 heterocycles. The summed E-state index contributed by atoms with van der Waals surface area (Å²) in [7, 11) is 0. The molecule has 21 heavy (non-hydrogen) atoms. The lowest BCUT2D eigenvalue weighted by atomic mass is 9.95. The fourth-order valence-corrected chi connectivity index (χ4v) is 3.68. The minimum Gasteiger partial charge on any atom is -0.301 e. The van der Waals surface area contributed by atoms with Gasteiger partial charge in [0.25, 0.3) is 0 Å². The Balaban J connectivity index is 1.62. The molecule has 0 amide bonds. The summed E-state index contributed by atoms with van der Waals surface area (Å²) >= 11 is 0. The molecule has 0 atom stereocenters. The van der Waals surface area contributed by atoms with E-state index in [-0.39, 0.29) is 0 Å². The summed E-state index contributed by atoms with van der Waals surface area (Å²) in [5, 5.41) is 0. The Bertz CT molecular complexity index is 316. The normalized spacial score (nSPS) is 23.8. The number of carbonyl (C=O) groups excluding carboxylic acids is 1. The molecule has 0 radical (unpaired) electrons. The lowest BCUT2D eigenvalue weighted by Crippen LogP contribution is -2.49. The number of nitrogens with zero attached hydrogens (tertiary/aromatic N) is 3. The van der Waals surface area contributed by atoms with Gasteiger partial charge >= 0.3 is 0 Å². The van der Waals surface area contributed by atoms with Crippen molar-refractivity contribution in [3.63, 3.8) is 0 Å². The highest BCUT2D eigenvalue weighted by Crippen LogP contribution is 2.19. The van der Waals surface area contributed by atoms with Crippen LogP contribution in [0.4, 0.5) is 0 Å². The van der Waals surface area contributed by atoms with E-state index in [4.69, 9.17) is 0 Å². The maximum Gasteiger partial charge on any atom is 0.143 e. The van der Waals surface area contributed by atoms with Crippen LogP contribution in [0, 0.1) is 11.8 Å². The number of likely N-dealkylation sites (tertiary alicyclic amines) is 1. The third-order valence-electron chi connectivity index (χ3n) is 4.76. The molecule has 2 fully saturated rings. The summed E-state index contributed by atoms with van der Waals surface area (Å²) in [6.45, 7) is 16.6. The van der Waals surface area contributed by atoms with E-state index >= 15 is 0 Å². The molecule has 0 bridgehead atoms. The van der Waals surface area contributed by atoms with Crippen LogP contribution in [0.5, 0.6) is 0 Å². The lowest BCUT2D eigenvalue weighted by molar-refractivity contribution is -0.118. The van der Waals surface area contributed by atoms with Gasteiger partial charge in [0.15, 0.2) is 0 Å². The molecule has 0 unspecified atom stereocenters. The van der Waals surface area contributed by atoms with E-state index < -0.39 is 0 Å². The maximum absolute atomic E-state index is 11.2. The third-order valence-corrected chi connectivity index (χ3v) is 4.76. The van der Waals surface area contributed by atoms with Crippen LogP contribution in [0.1, 0.15) is 33.6 Å². The van der Waals surface area contributed by atoms with Gasteiger partial charge in [-0.25, -0.2) is 0 Å². The van der Waals surface area contributed by atoms with Gasteiger partial charge in [0.1, 0.15) is 5.78 Å². The molecule has 0 aliphatic carbocycles. The Labute approximate surface area is 130 Å². The van der Waals surface area contributed by atoms with E-state index in [0.717, 1.165) is 24.9 Å². The molecule has 2 aliphatic heterocycles. The predicted octanol–water partition coefficient (Wildman–Crippen LogP) is 1.56. The van der Waals surface area contributed by atoms with Crippen LogP contribution < -0.4 is 0 Å². The molecule has 2 aliphatic rings. The van der Waals surface area contributed by atoms with Gasteiger partial charge in [-0.3, -0.25) is 9.69 Å². The lowest BCUT2D eigenvalue weighted by Gasteiger charge is -2.39. The zero-order valence-corrected chi connectivity index (χ0v) is 14.2. The molecular weight excluding hydrogens is 262 g/mol. The number of hydrogen-bond acceptors (Lipinski definition) is 4. The molecule has 2 saturated heterocycles. The predicted molar refractivity (Wildman–Crippen MR) is 87.6 cm³/mol. The molecule has 0 aromatic heterocycles. The average molecular weight is 295 g/mol. The average Bonchev–Trinajstić information content (AvgIpc) is 2.42. The summed E-state index contributed by atoms with van der Waals surface area (Å²) in [5.41, 5.74) is 0. The summed E-state index contributed by atoms with van der Waals surface area (Å²) in [6, 6.07) is 0. The zero-order chi connectivity index (χ0) is 15.2. The van der Waals surface area contributed by atoms with E-state index in [9.17, 15) is 4.79 Å². The Morgan fingerprint density at radius 3 is 2.05 bits per heavy atom. The monoisotopic (exact) mass is 295 g/mol. The summed E-state index contributed by atoms with van der Waals surface area (Å²) in [6.07, 6.45) is 2.53. The fourth-order valence-electron chi connectivity index (χ4n) is 3.68. The Hall–Kier alpha value is -0.450. The van der Waals surface area contributed by atoms with Crippen LogP contribution in [0.25, 0.3) is 0 Å². The highest BCUT2D eigenvalue weighted by molar-refractivity contribution is 5.77. The topological polar surface area (TPSA) is 26.8 Å². The first kappa shape index (κ1) is 16.9. The second-order valence-electron chi connectivity index (χ2n) is 7.42. The molecule has 0 saturated carbocycles. The Morgan fingerprint density at radius 2 is 1.52 bits per heavy atom. The smallest absolute Gasteiger partial charge is 0.143 e. The van der Waals surface area contributed by atoms with Crippen molar-refractivity contribution in [2.75, 3.05) is 58.9 Å². The van der Waals surface area contributed by atoms with Gasteiger partial charge in [0.2, 0.25) is 0 Å². The van der Waals surface area contributed by atoms with Crippen LogP contribution in [-0.2, 0) is 4.79 Å². The fraction of sp³-hybridized carbons (Fsp3) is 0.941. The molecule has 0 aromatic rings. The van der Waals surface area contributed by atoms with Crippen molar-refractivity contribution in [2.24, 2.45) is 11.8 Å².